The number of hydrogen-bond donors (Lipinski definition) is 1. The summed E-state index contributed by atoms with van der Waals surface area (Å²) in [5, 5.41) is 9.81. The standard InChI is InChI=1S/C14H17N5O2S/c1-18-12(20)5-4-11(17-18)13(21)16-9-10-3-2-7-19(10)14-15-6-8-22-14/h4-6,8,10H,2-3,7,9H2,1H3,(H,16,21). The van der Waals surface area contributed by atoms with Gasteiger partial charge in [0.15, 0.2) is 5.13 Å². The van der Waals surface area contributed by atoms with Gasteiger partial charge >= 0.3 is 0 Å². The van der Waals surface area contributed by atoms with Gasteiger partial charge in [0, 0.05) is 43.8 Å². The summed E-state index contributed by atoms with van der Waals surface area (Å²) in [5.74, 6) is -0.262. The van der Waals surface area contributed by atoms with Crippen LogP contribution < -0.4 is 15.8 Å². The number of aromatic nitrogens is 3. The van der Waals surface area contributed by atoms with Crippen LogP contribution in [0, 0.1) is 0 Å². The monoisotopic (exact) mass is 319 g/mol. The second-order valence-corrected chi connectivity index (χ2v) is 6.07. The Morgan fingerprint density at radius 3 is 3.09 bits per heavy atom. The summed E-state index contributed by atoms with van der Waals surface area (Å²) >= 11 is 1.61. The minimum Gasteiger partial charge on any atom is -0.349 e. The van der Waals surface area contributed by atoms with Crippen LogP contribution in [0.1, 0.15) is 23.3 Å². The zero-order valence-electron chi connectivity index (χ0n) is 12.2. The van der Waals surface area contributed by atoms with E-state index in [1.807, 2.05) is 5.38 Å². The number of aryl methyl sites for hydroxylation is 1. The number of hydrogen-bond acceptors (Lipinski definition) is 6. The molecule has 1 unspecified atom stereocenters. The summed E-state index contributed by atoms with van der Waals surface area (Å²) in [6.07, 6.45) is 3.92. The fraction of sp³-hybridized carbons (Fsp3) is 0.429. The van der Waals surface area contributed by atoms with Crippen molar-refractivity contribution in [3.05, 3.63) is 39.8 Å². The molecule has 22 heavy (non-hydrogen) atoms. The normalized spacial score (nSPS) is 17.7. The molecule has 3 heterocycles. The van der Waals surface area contributed by atoms with Crippen molar-refractivity contribution in [1.29, 1.82) is 0 Å². The summed E-state index contributed by atoms with van der Waals surface area (Å²) in [4.78, 5) is 30.0. The van der Waals surface area contributed by atoms with Gasteiger partial charge in [-0.15, -0.1) is 11.3 Å². The predicted octanol–water partition coefficient (Wildman–Crippen LogP) is 0.636. The lowest BCUT2D eigenvalue weighted by Gasteiger charge is -2.24. The molecule has 1 amide bonds. The second kappa shape index (κ2) is 6.27. The quantitative estimate of drug-likeness (QED) is 0.894. The molecule has 8 heteroatoms. The number of anilines is 1. The van der Waals surface area contributed by atoms with E-state index in [2.05, 4.69) is 20.3 Å². The van der Waals surface area contributed by atoms with E-state index in [1.54, 1.807) is 17.5 Å². The molecule has 0 spiro atoms. The van der Waals surface area contributed by atoms with E-state index in [0.717, 1.165) is 29.2 Å². The number of carbonyl (C=O) groups excluding carboxylic acids is 1. The first-order valence-electron chi connectivity index (χ1n) is 7.14. The Bertz CT molecular complexity index is 712. The van der Waals surface area contributed by atoms with Crippen molar-refractivity contribution >= 4 is 22.4 Å². The van der Waals surface area contributed by atoms with Gasteiger partial charge in [-0.1, -0.05) is 0 Å². The first kappa shape index (κ1) is 14.7. The van der Waals surface area contributed by atoms with Gasteiger partial charge in [0.05, 0.1) is 0 Å². The van der Waals surface area contributed by atoms with Crippen LogP contribution in [0.3, 0.4) is 0 Å². The van der Waals surface area contributed by atoms with Gasteiger partial charge in [-0.2, -0.15) is 5.10 Å². The molecule has 1 N–H and O–H groups in total. The number of nitrogens with one attached hydrogen (secondary N) is 1. The van der Waals surface area contributed by atoms with Crippen LogP contribution in [0.25, 0.3) is 0 Å². The van der Waals surface area contributed by atoms with E-state index < -0.39 is 0 Å². The molecule has 0 aliphatic carbocycles. The molecule has 1 atom stereocenters. The Morgan fingerprint density at radius 1 is 1.50 bits per heavy atom. The molecule has 1 saturated heterocycles. The van der Waals surface area contributed by atoms with Gasteiger partial charge in [-0.3, -0.25) is 9.59 Å². The first-order chi connectivity index (χ1) is 10.6. The summed E-state index contributed by atoms with van der Waals surface area (Å²) in [7, 11) is 1.53. The number of thiazole rings is 1. The number of rotatable bonds is 4. The highest BCUT2D eigenvalue weighted by Gasteiger charge is 2.26. The number of amides is 1. The molecule has 0 radical (unpaired) electrons. The first-order valence-corrected chi connectivity index (χ1v) is 8.02. The van der Waals surface area contributed by atoms with E-state index >= 15 is 0 Å². The maximum atomic E-state index is 12.1. The van der Waals surface area contributed by atoms with Gasteiger partial charge in [-0.05, 0) is 18.9 Å². The van der Waals surface area contributed by atoms with Gasteiger partial charge in [0.25, 0.3) is 11.5 Å². The molecule has 3 rings (SSSR count). The molecule has 7 nitrogen and oxygen atoms in total. The smallest absolute Gasteiger partial charge is 0.271 e. The van der Waals surface area contributed by atoms with Gasteiger partial charge in [0.2, 0.25) is 0 Å². The molecule has 0 saturated carbocycles. The van der Waals surface area contributed by atoms with E-state index in [9.17, 15) is 9.59 Å². The molecule has 2 aromatic rings. The Morgan fingerprint density at radius 2 is 2.36 bits per heavy atom. The van der Waals surface area contributed by atoms with Gasteiger partial charge in [0.1, 0.15) is 5.69 Å². The largest absolute Gasteiger partial charge is 0.349 e. The molecule has 116 valence electrons. The van der Waals surface area contributed by atoms with Crippen LogP contribution in [0.15, 0.2) is 28.5 Å². The van der Waals surface area contributed by atoms with Gasteiger partial charge < -0.3 is 10.2 Å². The Hall–Kier alpha value is -2.22. The SMILES string of the molecule is Cn1nc(C(=O)NCC2CCCN2c2nccs2)ccc1=O. The lowest BCUT2D eigenvalue weighted by atomic mass is 10.2. The third-order valence-electron chi connectivity index (χ3n) is 3.73. The topological polar surface area (TPSA) is 80.1 Å². The Balaban J connectivity index is 1.63. The van der Waals surface area contributed by atoms with Crippen molar-refractivity contribution in [1.82, 2.24) is 20.1 Å². The molecule has 0 bridgehead atoms. The zero-order valence-corrected chi connectivity index (χ0v) is 13.0. The number of nitrogens with zero attached hydrogens (tertiary/aromatic N) is 4. The van der Waals surface area contributed by atoms with Crippen LogP contribution in [0.4, 0.5) is 5.13 Å². The summed E-state index contributed by atoms with van der Waals surface area (Å²) < 4.78 is 1.16. The summed E-state index contributed by atoms with van der Waals surface area (Å²) in [6, 6.07) is 3.05. The maximum absolute atomic E-state index is 12.1. The Labute approximate surface area is 131 Å². The van der Waals surface area contributed by atoms with Crippen LogP contribution in [0.2, 0.25) is 0 Å². The van der Waals surface area contributed by atoms with E-state index in [4.69, 9.17) is 0 Å². The van der Waals surface area contributed by atoms with Crippen molar-refractivity contribution in [3.63, 3.8) is 0 Å². The molecular formula is C14H17N5O2S. The molecule has 1 fully saturated rings. The Kier molecular flexibility index (Phi) is 4.19. The van der Waals surface area contributed by atoms with E-state index in [1.165, 1.54) is 19.2 Å². The van der Waals surface area contributed by atoms with Crippen LogP contribution in [-0.2, 0) is 7.05 Å². The average molecular weight is 319 g/mol. The number of carbonyl (C=O) groups is 1. The summed E-state index contributed by atoms with van der Waals surface area (Å²) in [6.45, 7) is 1.51. The molecule has 0 aromatic carbocycles. The van der Waals surface area contributed by atoms with E-state index in [-0.39, 0.29) is 23.2 Å². The van der Waals surface area contributed by atoms with Crippen LogP contribution in [0.5, 0.6) is 0 Å². The zero-order chi connectivity index (χ0) is 15.5. The van der Waals surface area contributed by atoms with Crippen LogP contribution >= 0.6 is 11.3 Å². The molecule has 2 aromatic heterocycles. The highest BCUT2D eigenvalue weighted by atomic mass is 32.1. The van der Waals surface area contributed by atoms with E-state index in [0.29, 0.717) is 6.54 Å². The third kappa shape index (κ3) is 3.01. The van der Waals surface area contributed by atoms with Crippen molar-refractivity contribution < 1.29 is 4.79 Å². The highest BCUT2D eigenvalue weighted by molar-refractivity contribution is 7.13. The lowest BCUT2D eigenvalue weighted by Crippen LogP contribution is -2.40. The average Bonchev–Trinajstić information content (AvgIpc) is 3.17. The predicted molar refractivity (Wildman–Crippen MR) is 84.3 cm³/mol. The fourth-order valence-electron chi connectivity index (χ4n) is 2.58. The third-order valence-corrected chi connectivity index (χ3v) is 4.54. The minimum atomic E-state index is -0.262. The lowest BCUT2D eigenvalue weighted by molar-refractivity contribution is 0.0944. The molecule has 1 aliphatic rings. The second-order valence-electron chi connectivity index (χ2n) is 5.19. The summed E-state index contributed by atoms with van der Waals surface area (Å²) in [5.41, 5.74) is 0.0168. The molecule has 1 aliphatic heterocycles. The van der Waals surface area contributed by atoms with Gasteiger partial charge in [-0.25, -0.2) is 9.67 Å². The highest BCUT2D eigenvalue weighted by Crippen LogP contribution is 2.26. The van der Waals surface area contributed by atoms with Crippen molar-refractivity contribution in [3.8, 4) is 0 Å². The minimum absolute atomic E-state index is 0.234. The van der Waals surface area contributed by atoms with Crippen LogP contribution in [-0.4, -0.2) is 39.8 Å². The maximum Gasteiger partial charge on any atom is 0.271 e. The molecular weight excluding hydrogens is 302 g/mol. The van der Waals surface area contributed by atoms with Crippen molar-refractivity contribution in [2.45, 2.75) is 18.9 Å². The fourth-order valence-corrected chi connectivity index (χ4v) is 3.32. The van der Waals surface area contributed by atoms with Crippen molar-refractivity contribution in [2.75, 3.05) is 18.0 Å². The van der Waals surface area contributed by atoms with Crippen molar-refractivity contribution in [2.24, 2.45) is 7.05 Å².